The van der Waals surface area contributed by atoms with Crippen molar-refractivity contribution in [3.63, 3.8) is 0 Å². The summed E-state index contributed by atoms with van der Waals surface area (Å²) >= 11 is 0. The van der Waals surface area contributed by atoms with Gasteiger partial charge in [0.2, 0.25) is 0 Å². The van der Waals surface area contributed by atoms with Gasteiger partial charge in [-0.1, -0.05) is 6.92 Å². The summed E-state index contributed by atoms with van der Waals surface area (Å²) in [6.45, 7) is 1.80. The molecule has 0 amide bonds. The number of hydrogen-bond acceptors (Lipinski definition) is 7. The molecular formula is C18H11N7O. The third-order valence-electron chi connectivity index (χ3n) is 3.65. The Morgan fingerprint density at radius 1 is 1.00 bits per heavy atom. The molecule has 0 saturated heterocycles. The molecule has 124 valence electrons. The van der Waals surface area contributed by atoms with Gasteiger partial charge in [-0.05, 0) is 24.6 Å². The van der Waals surface area contributed by atoms with Crippen molar-refractivity contribution in [3.05, 3.63) is 40.7 Å². The van der Waals surface area contributed by atoms with Crippen LogP contribution in [-0.4, -0.2) is 9.78 Å². The second-order valence-corrected chi connectivity index (χ2v) is 5.26. The molecule has 0 N–H and O–H groups in total. The highest BCUT2D eigenvalue weighted by molar-refractivity contribution is 5.55. The molecule has 1 aromatic carbocycles. The molecule has 2 rings (SSSR count). The summed E-state index contributed by atoms with van der Waals surface area (Å²) < 4.78 is 7.08. The maximum Gasteiger partial charge on any atom is 0.273 e. The van der Waals surface area contributed by atoms with E-state index in [9.17, 15) is 15.8 Å². The maximum absolute atomic E-state index is 9.41. The third-order valence-corrected chi connectivity index (χ3v) is 3.65. The molecule has 8 nitrogen and oxygen atoms in total. The van der Waals surface area contributed by atoms with Gasteiger partial charge in [-0.25, -0.2) is 0 Å². The van der Waals surface area contributed by atoms with E-state index in [1.165, 1.54) is 29.9 Å². The Morgan fingerprint density at radius 2 is 1.54 bits per heavy atom. The monoisotopic (exact) mass is 341 g/mol. The van der Waals surface area contributed by atoms with Gasteiger partial charge in [0, 0.05) is 7.05 Å². The fourth-order valence-corrected chi connectivity index (χ4v) is 2.45. The van der Waals surface area contributed by atoms with E-state index in [-0.39, 0.29) is 28.3 Å². The van der Waals surface area contributed by atoms with E-state index in [0.29, 0.717) is 12.1 Å². The van der Waals surface area contributed by atoms with Gasteiger partial charge in [-0.15, -0.1) is 0 Å². The van der Waals surface area contributed by atoms with Crippen LogP contribution in [0.1, 0.15) is 29.4 Å². The molecule has 1 aromatic heterocycles. The third kappa shape index (κ3) is 2.90. The van der Waals surface area contributed by atoms with Gasteiger partial charge < -0.3 is 4.74 Å². The minimum atomic E-state index is -2.10. The summed E-state index contributed by atoms with van der Waals surface area (Å²) in [5, 5.41) is 50.6. The molecule has 0 radical (unpaired) electrons. The molecule has 1 heterocycles. The Balaban J connectivity index is 2.72. The normalized spacial score (nSPS) is 9.88. The number of aryl methyl sites for hydroxylation is 2. The van der Waals surface area contributed by atoms with Crippen molar-refractivity contribution < 1.29 is 4.74 Å². The summed E-state index contributed by atoms with van der Waals surface area (Å²) in [5.74, 6) is 0.269. The van der Waals surface area contributed by atoms with Crippen LogP contribution < -0.4 is 4.74 Å². The minimum absolute atomic E-state index is 0.00252. The van der Waals surface area contributed by atoms with Gasteiger partial charge in [0.1, 0.15) is 35.3 Å². The van der Waals surface area contributed by atoms with Gasteiger partial charge in [0.25, 0.3) is 5.41 Å². The number of benzene rings is 1. The molecule has 0 aliphatic heterocycles. The molecule has 2 aromatic rings. The van der Waals surface area contributed by atoms with Crippen LogP contribution in [0.2, 0.25) is 0 Å². The fourth-order valence-electron chi connectivity index (χ4n) is 2.45. The summed E-state index contributed by atoms with van der Waals surface area (Å²) in [7, 11) is 1.51. The Hall–Kier alpha value is -4.32. The predicted octanol–water partition coefficient (Wildman–Crippen LogP) is 2.33. The quantitative estimate of drug-likeness (QED) is 0.829. The Bertz CT molecular complexity index is 1010. The van der Waals surface area contributed by atoms with Gasteiger partial charge in [0.15, 0.2) is 5.75 Å². The lowest BCUT2D eigenvalue weighted by molar-refractivity contribution is 0.465. The van der Waals surface area contributed by atoms with E-state index in [1.54, 1.807) is 25.1 Å². The van der Waals surface area contributed by atoms with Crippen molar-refractivity contribution in [2.45, 2.75) is 18.8 Å². The lowest BCUT2D eigenvalue weighted by Crippen LogP contribution is -2.23. The first-order valence-corrected chi connectivity index (χ1v) is 7.41. The second-order valence-electron chi connectivity index (χ2n) is 5.26. The maximum atomic E-state index is 9.41. The standard InChI is InChI=1S/C18H11N7O/c1-3-15-16(17(25(2)24-15)18(9-21,10-22)11-23)26-14-5-12(7-19)4-13(6-14)8-20/h4-6H,3H2,1-2H3. The highest BCUT2D eigenvalue weighted by Crippen LogP contribution is 2.37. The average molecular weight is 341 g/mol. The van der Waals surface area contributed by atoms with Crippen LogP contribution in [-0.2, 0) is 18.9 Å². The fraction of sp³-hybridized carbons (Fsp3) is 0.222. The number of rotatable bonds is 4. The van der Waals surface area contributed by atoms with Crippen molar-refractivity contribution in [2.75, 3.05) is 0 Å². The average Bonchev–Trinajstić information content (AvgIpc) is 2.99. The van der Waals surface area contributed by atoms with Crippen molar-refractivity contribution in [2.24, 2.45) is 7.05 Å². The first kappa shape index (κ1) is 18.0. The van der Waals surface area contributed by atoms with Crippen LogP contribution in [0.5, 0.6) is 11.5 Å². The van der Waals surface area contributed by atoms with Gasteiger partial charge in [0.05, 0.1) is 23.3 Å². The Kier molecular flexibility index (Phi) is 4.90. The summed E-state index contributed by atoms with van der Waals surface area (Å²) in [5.41, 5.74) is -1.23. The van der Waals surface area contributed by atoms with Crippen molar-refractivity contribution in [1.82, 2.24) is 9.78 Å². The van der Waals surface area contributed by atoms with Crippen molar-refractivity contribution >= 4 is 0 Å². The molecule has 0 atom stereocenters. The van der Waals surface area contributed by atoms with Gasteiger partial charge >= 0.3 is 0 Å². The first-order valence-electron chi connectivity index (χ1n) is 7.41. The topological polar surface area (TPSA) is 146 Å². The van der Waals surface area contributed by atoms with Crippen LogP contribution in [0.3, 0.4) is 0 Å². The smallest absolute Gasteiger partial charge is 0.273 e. The van der Waals surface area contributed by atoms with E-state index >= 15 is 0 Å². The van der Waals surface area contributed by atoms with Crippen LogP contribution in [0.15, 0.2) is 18.2 Å². The molecule has 0 saturated carbocycles. The molecule has 26 heavy (non-hydrogen) atoms. The predicted molar refractivity (Wildman–Crippen MR) is 87.0 cm³/mol. The number of nitrogens with zero attached hydrogens (tertiary/aromatic N) is 7. The van der Waals surface area contributed by atoms with E-state index < -0.39 is 5.41 Å². The van der Waals surface area contributed by atoms with E-state index in [2.05, 4.69) is 5.10 Å². The lowest BCUT2D eigenvalue weighted by Gasteiger charge is -2.14. The van der Waals surface area contributed by atoms with Crippen LogP contribution in [0, 0.1) is 56.7 Å². The molecule has 0 aliphatic carbocycles. The molecule has 8 heteroatoms. The zero-order valence-electron chi connectivity index (χ0n) is 14.0. The minimum Gasteiger partial charge on any atom is -0.453 e. The summed E-state index contributed by atoms with van der Waals surface area (Å²) in [6, 6.07) is 13.2. The SMILES string of the molecule is CCc1nn(C)c(C(C#N)(C#N)C#N)c1Oc1cc(C#N)cc(C#N)c1. The van der Waals surface area contributed by atoms with Gasteiger partial charge in [-0.3, -0.25) is 4.68 Å². The molecular weight excluding hydrogens is 330 g/mol. The number of nitriles is 5. The lowest BCUT2D eigenvalue weighted by atomic mass is 9.88. The largest absolute Gasteiger partial charge is 0.453 e. The number of hydrogen-bond donors (Lipinski definition) is 0. The van der Waals surface area contributed by atoms with E-state index in [0.717, 1.165) is 0 Å². The second kappa shape index (κ2) is 7.06. The first-order chi connectivity index (χ1) is 12.5. The van der Waals surface area contributed by atoms with Crippen molar-refractivity contribution in [3.8, 4) is 41.8 Å². The van der Waals surface area contributed by atoms with Crippen molar-refractivity contribution in [1.29, 1.82) is 26.3 Å². The summed E-state index contributed by atoms with van der Waals surface area (Å²) in [6.07, 6.45) is 0.421. The van der Waals surface area contributed by atoms with Gasteiger partial charge in [-0.2, -0.15) is 31.4 Å². The molecule has 0 fully saturated rings. The highest BCUT2D eigenvalue weighted by Gasteiger charge is 2.41. The zero-order chi connectivity index (χ0) is 19.3. The Labute approximate surface area is 149 Å². The summed E-state index contributed by atoms with van der Waals surface area (Å²) in [4.78, 5) is 0. The van der Waals surface area contributed by atoms with Crippen LogP contribution in [0.25, 0.3) is 0 Å². The molecule has 0 aliphatic rings. The number of ether oxygens (including phenoxy) is 1. The molecule has 0 spiro atoms. The van der Waals surface area contributed by atoms with Crippen LogP contribution in [0.4, 0.5) is 0 Å². The Morgan fingerprint density at radius 3 is 1.96 bits per heavy atom. The highest BCUT2D eigenvalue weighted by atomic mass is 16.5. The molecule has 0 unspecified atom stereocenters. The van der Waals surface area contributed by atoms with Crippen LogP contribution >= 0.6 is 0 Å². The molecule has 0 bridgehead atoms. The number of aromatic nitrogens is 2. The van der Waals surface area contributed by atoms with E-state index in [4.69, 9.17) is 15.3 Å². The zero-order valence-corrected chi connectivity index (χ0v) is 14.0. The van der Waals surface area contributed by atoms with E-state index in [1.807, 2.05) is 12.1 Å².